The summed E-state index contributed by atoms with van der Waals surface area (Å²) in [7, 11) is 2.08. The lowest BCUT2D eigenvalue weighted by molar-refractivity contribution is 0.228. The Morgan fingerprint density at radius 3 is 2.59 bits per heavy atom. The highest BCUT2D eigenvalue weighted by atomic mass is 14.8. The SMILES string of the molecule is CCC1CCC(CNC)C(c2ccccc2)C1. The van der Waals surface area contributed by atoms with Gasteiger partial charge in [-0.25, -0.2) is 0 Å². The molecular formula is C16H25N. The van der Waals surface area contributed by atoms with E-state index in [0.717, 1.165) is 24.3 Å². The maximum atomic E-state index is 3.37. The van der Waals surface area contributed by atoms with Crippen molar-refractivity contribution in [3.8, 4) is 0 Å². The van der Waals surface area contributed by atoms with Gasteiger partial charge in [0.2, 0.25) is 0 Å². The zero-order chi connectivity index (χ0) is 12.1. The first-order chi connectivity index (χ1) is 8.35. The molecule has 1 aliphatic rings. The molecule has 1 fully saturated rings. The van der Waals surface area contributed by atoms with Gasteiger partial charge in [-0.1, -0.05) is 50.1 Å². The smallest absolute Gasteiger partial charge is 0.00177 e. The van der Waals surface area contributed by atoms with Gasteiger partial charge in [-0.2, -0.15) is 0 Å². The van der Waals surface area contributed by atoms with Crippen molar-refractivity contribution >= 4 is 0 Å². The van der Waals surface area contributed by atoms with Gasteiger partial charge >= 0.3 is 0 Å². The molecule has 3 unspecified atom stereocenters. The van der Waals surface area contributed by atoms with E-state index in [-0.39, 0.29) is 0 Å². The van der Waals surface area contributed by atoms with E-state index in [1.54, 1.807) is 5.56 Å². The van der Waals surface area contributed by atoms with Crippen LogP contribution in [0.4, 0.5) is 0 Å². The maximum Gasteiger partial charge on any atom is -0.00177 e. The molecule has 17 heavy (non-hydrogen) atoms. The van der Waals surface area contributed by atoms with Crippen molar-refractivity contribution in [2.45, 2.75) is 38.5 Å². The van der Waals surface area contributed by atoms with Gasteiger partial charge in [-0.15, -0.1) is 0 Å². The Balaban J connectivity index is 2.13. The fraction of sp³-hybridized carbons (Fsp3) is 0.625. The fourth-order valence-electron chi connectivity index (χ4n) is 3.31. The van der Waals surface area contributed by atoms with Crippen molar-refractivity contribution in [2.75, 3.05) is 13.6 Å². The molecule has 0 bridgehead atoms. The van der Waals surface area contributed by atoms with E-state index >= 15 is 0 Å². The zero-order valence-corrected chi connectivity index (χ0v) is 11.2. The Kier molecular flexibility index (Phi) is 4.61. The normalized spacial score (nSPS) is 29.2. The molecule has 0 heterocycles. The number of hydrogen-bond acceptors (Lipinski definition) is 1. The molecule has 1 aliphatic carbocycles. The third kappa shape index (κ3) is 3.10. The molecule has 0 spiro atoms. The molecule has 0 amide bonds. The Bertz CT molecular complexity index is 320. The lowest BCUT2D eigenvalue weighted by atomic mass is 9.70. The summed E-state index contributed by atoms with van der Waals surface area (Å²) >= 11 is 0. The van der Waals surface area contributed by atoms with E-state index in [2.05, 4.69) is 49.6 Å². The van der Waals surface area contributed by atoms with E-state index < -0.39 is 0 Å². The van der Waals surface area contributed by atoms with Crippen molar-refractivity contribution in [3.05, 3.63) is 35.9 Å². The highest BCUT2D eigenvalue weighted by Crippen LogP contribution is 2.41. The van der Waals surface area contributed by atoms with Crippen LogP contribution in [0.3, 0.4) is 0 Å². The third-order valence-electron chi connectivity index (χ3n) is 4.37. The van der Waals surface area contributed by atoms with E-state index in [4.69, 9.17) is 0 Å². The molecule has 0 saturated heterocycles. The van der Waals surface area contributed by atoms with Gasteiger partial charge in [0.15, 0.2) is 0 Å². The predicted molar refractivity (Wildman–Crippen MR) is 74.2 cm³/mol. The molecule has 3 atom stereocenters. The summed E-state index contributed by atoms with van der Waals surface area (Å²) < 4.78 is 0. The topological polar surface area (TPSA) is 12.0 Å². The molecule has 2 rings (SSSR count). The Morgan fingerprint density at radius 1 is 1.18 bits per heavy atom. The van der Waals surface area contributed by atoms with Crippen LogP contribution in [-0.4, -0.2) is 13.6 Å². The monoisotopic (exact) mass is 231 g/mol. The van der Waals surface area contributed by atoms with Crippen molar-refractivity contribution in [2.24, 2.45) is 11.8 Å². The molecule has 0 radical (unpaired) electrons. The molecule has 0 aromatic heterocycles. The minimum Gasteiger partial charge on any atom is -0.319 e. The standard InChI is InChI=1S/C16H25N/c1-3-13-9-10-15(12-17-2)16(11-13)14-7-5-4-6-8-14/h4-8,13,15-17H,3,9-12H2,1-2H3. The lowest BCUT2D eigenvalue weighted by Crippen LogP contribution is -2.30. The summed E-state index contributed by atoms with van der Waals surface area (Å²) in [6.45, 7) is 3.50. The van der Waals surface area contributed by atoms with Crippen LogP contribution in [0.5, 0.6) is 0 Å². The minimum atomic E-state index is 0.766. The average Bonchev–Trinajstić information content (AvgIpc) is 2.40. The average molecular weight is 231 g/mol. The van der Waals surface area contributed by atoms with Crippen LogP contribution in [-0.2, 0) is 0 Å². The highest BCUT2D eigenvalue weighted by molar-refractivity contribution is 5.21. The highest BCUT2D eigenvalue weighted by Gasteiger charge is 2.30. The molecule has 1 nitrogen and oxygen atoms in total. The van der Waals surface area contributed by atoms with Crippen molar-refractivity contribution in [1.82, 2.24) is 5.32 Å². The van der Waals surface area contributed by atoms with Crippen LogP contribution >= 0.6 is 0 Å². The summed E-state index contributed by atoms with van der Waals surface area (Å²) in [5.41, 5.74) is 1.55. The Morgan fingerprint density at radius 2 is 1.94 bits per heavy atom. The zero-order valence-electron chi connectivity index (χ0n) is 11.2. The molecule has 0 aliphatic heterocycles. The fourth-order valence-corrected chi connectivity index (χ4v) is 3.31. The maximum absolute atomic E-state index is 3.37. The van der Waals surface area contributed by atoms with Crippen LogP contribution in [0.1, 0.15) is 44.1 Å². The summed E-state index contributed by atoms with van der Waals surface area (Å²) in [4.78, 5) is 0. The first kappa shape index (κ1) is 12.6. The largest absolute Gasteiger partial charge is 0.319 e. The Hall–Kier alpha value is -0.820. The van der Waals surface area contributed by atoms with Crippen LogP contribution < -0.4 is 5.32 Å². The van der Waals surface area contributed by atoms with Crippen LogP contribution in [0, 0.1) is 11.8 Å². The predicted octanol–water partition coefficient (Wildman–Crippen LogP) is 3.82. The van der Waals surface area contributed by atoms with E-state index in [9.17, 15) is 0 Å². The van der Waals surface area contributed by atoms with E-state index in [0.29, 0.717) is 0 Å². The number of nitrogens with one attached hydrogen (secondary N) is 1. The van der Waals surface area contributed by atoms with E-state index in [1.807, 2.05) is 0 Å². The summed E-state index contributed by atoms with van der Waals surface area (Å²) in [5, 5.41) is 3.37. The van der Waals surface area contributed by atoms with E-state index in [1.165, 1.54) is 25.7 Å². The second-order valence-electron chi connectivity index (χ2n) is 5.42. The van der Waals surface area contributed by atoms with Crippen LogP contribution in [0.2, 0.25) is 0 Å². The number of hydrogen-bond donors (Lipinski definition) is 1. The van der Waals surface area contributed by atoms with Crippen LogP contribution in [0.25, 0.3) is 0 Å². The van der Waals surface area contributed by atoms with Crippen molar-refractivity contribution in [1.29, 1.82) is 0 Å². The van der Waals surface area contributed by atoms with Crippen LogP contribution in [0.15, 0.2) is 30.3 Å². The molecule has 1 heteroatoms. The number of benzene rings is 1. The first-order valence-electron chi connectivity index (χ1n) is 7.04. The second kappa shape index (κ2) is 6.20. The van der Waals surface area contributed by atoms with Crippen molar-refractivity contribution < 1.29 is 0 Å². The number of rotatable bonds is 4. The molecule has 1 aromatic carbocycles. The third-order valence-corrected chi connectivity index (χ3v) is 4.37. The Labute approximate surface area is 106 Å². The summed E-state index contributed by atoms with van der Waals surface area (Å²) in [6, 6.07) is 11.1. The minimum absolute atomic E-state index is 0.766. The van der Waals surface area contributed by atoms with Gasteiger partial charge in [0.25, 0.3) is 0 Å². The summed E-state index contributed by atoms with van der Waals surface area (Å²) in [6.07, 6.45) is 5.54. The van der Waals surface area contributed by atoms with Gasteiger partial charge in [0.1, 0.15) is 0 Å². The quantitative estimate of drug-likeness (QED) is 0.830. The molecule has 1 aromatic rings. The molecular weight excluding hydrogens is 206 g/mol. The molecule has 94 valence electrons. The van der Waals surface area contributed by atoms with Gasteiger partial charge in [-0.3, -0.25) is 0 Å². The van der Waals surface area contributed by atoms with Gasteiger partial charge in [0.05, 0.1) is 0 Å². The molecule has 1 N–H and O–H groups in total. The first-order valence-corrected chi connectivity index (χ1v) is 7.04. The van der Waals surface area contributed by atoms with Gasteiger partial charge < -0.3 is 5.32 Å². The van der Waals surface area contributed by atoms with Gasteiger partial charge in [-0.05, 0) is 49.8 Å². The van der Waals surface area contributed by atoms with Gasteiger partial charge in [0, 0.05) is 0 Å². The lowest BCUT2D eigenvalue weighted by Gasteiger charge is -2.36. The molecule has 1 saturated carbocycles. The van der Waals surface area contributed by atoms with Crippen molar-refractivity contribution in [3.63, 3.8) is 0 Å². The second-order valence-corrected chi connectivity index (χ2v) is 5.42. The summed E-state index contributed by atoms with van der Waals surface area (Å²) in [5.74, 6) is 2.53.